The highest BCUT2D eigenvalue weighted by Gasteiger charge is 2.38. The molecule has 3 nitrogen and oxygen atoms in total. The number of Topliss-reactive ketones (excluding diaryl/α,β-unsaturated/α-hetero) is 1. The van der Waals surface area contributed by atoms with Crippen LogP contribution in [-0.4, -0.2) is 23.9 Å². The Kier molecular flexibility index (Phi) is 3.34. The maximum atomic E-state index is 12.3. The molecule has 1 aromatic heterocycles. The Labute approximate surface area is 96.3 Å². The standard InChI is InChI=1S/C13H18N2O/c1-2-13(6-8-14-10-13)12(16)9-11-5-3-4-7-15-11/h3-5,7,14H,2,6,8-10H2,1H3. The maximum Gasteiger partial charge on any atom is 0.146 e. The second-order valence-electron chi connectivity index (χ2n) is 4.48. The van der Waals surface area contributed by atoms with E-state index in [-0.39, 0.29) is 5.41 Å². The summed E-state index contributed by atoms with van der Waals surface area (Å²) in [5, 5.41) is 3.29. The largest absolute Gasteiger partial charge is 0.316 e. The van der Waals surface area contributed by atoms with Crippen molar-refractivity contribution in [3.8, 4) is 0 Å². The molecule has 0 radical (unpaired) electrons. The van der Waals surface area contributed by atoms with Gasteiger partial charge in [0.15, 0.2) is 0 Å². The van der Waals surface area contributed by atoms with Crippen LogP contribution in [0, 0.1) is 5.41 Å². The molecule has 0 amide bonds. The van der Waals surface area contributed by atoms with E-state index in [1.165, 1.54) is 0 Å². The number of hydrogen-bond acceptors (Lipinski definition) is 3. The molecular weight excluding hydrogens is 200 g/mol. The van der Waals surface area contributed by atoms with Crippen LogP contribution in [0.5, 0.6) is 0 Å². The van der Waals surface area contributed by atoms with Crippen molar-refractivity contribution in [3.05, 3.63) is 30.1 Å². The molecule has 1 fully saturated rings. The van der Waals surface area contributed by atoms with Crippen LogP contribution >= 0.6 is 0 Å². The number of pyridine rings is 1. The van der Waals surface area contributed by atoms with Gasteiger partial charge in [0.25, 0.3) is 0 Å². The van der Waals surface area contributed by atoms with Crippen LogP contribution in [0.1, 0.15) is 25.5 Å². The first-order chi connectivity index (χ1) is 7.77. The zero-order valence-corrected chi connectivity index (χ0v) is 9.70. The fourth-order valence-corrected chi connectivity index (χ4v) is 2.34. The zero-order valence-electron chi connectivity index (χ0n) is 9.70. The molecule has 1 aliphatic rings. The molecule has 1 aromatic rings. The van der Waals surface area contributed by atoms with Gasteiger partial charge in [-0.05, 0) is 31.5 Å². The number of rotatable bonds is 4. The highest BCUT2D eigenvalue weighted by Crippen LogP contribution is 2.31. The minimum absolute atomic E-state index is 0.141. The summed E-state index contributed by atoms with van der Waals surface area (Å²) in [5.74, 6) is 0.332. The minimum atomic E-state index is -0.141. The lowest BCUT2D eigenvalue weighted by molar-refractivity contribution is -0.127. The molecule has 2 heterocycles. The molecule has 0 aliphatic carbocycles. The Hall–Kier alpha value is -1.22. The predicted octanol–water partition coefficient (Wildman–Crippen LogP) is 1.58. The van der Waals surface area contributed by atoms with Crippen molar-refractivity contribution in [1.29, 1.82) is 0 Å². The SMILES string of the molecule is CCC1(C(=O)Cc2ccccn2)CCNC1. The van der Waals surface area contributed by atoms with Gasteiger partial charge in [-0.15, -0.1) is 0 Å². The summed E-state index contributed by atoms with van der Waals surface area (Å²) in [4.78, 5) is 16.5. The smallest absolute Gasteiger partial charge is 0.146 e. The summed E-state index contributed by atoms with van der Waals surface area (Å²) in [6.45, 7) is 3.89. The van der Waals surface area contributed by atoms with Crippen molar-refractivity contribution in [2.75, 3.05) is 13.1 Å². The van der Waals surface area contributed by atoms with Crippen LogP contribution in [0.4, 0.5) is 0 Å². The van der Waals surface area contributed by atoms with E-state index in [0.29, 0.717) is 12.2 Å². The minimum Gasteiger partial charge on any atom is -0.316 e. The highest BCUT2D eigenvalue weighted by molar-refractivity contribution is 5.87. The predicted molar refractivity (Wildman–Crippen MR) is 63.2 cm³/mol. The topological polar surface area (TPSA) is 42.0 Å². The van der Waals surface area contributed by atoms with Crippen LogP contribution < -0.4 is 5.32 Å². The molecule has 1 saturated heterocycles. The summed E-state index contributed by atoms with van der Waals surface area (Å²) in [6.07, 6.45) is 4.10. The lowest BCUT2D eigenvalue weighted by atomic mass is 9.78. The van der Waals surface area contributed by atoms with Crippen molar-refractivity contribution in [2.45, 2.75) is 26.2 Å². The van der Waals surface area contributed by atoms with Gasteiger partial charge in [0, 0.05) is 30.3 Å². The molecule has 1 atom stereocenters. The second kappa shape index (κ2) is 4.74. The van der Waals surface area contributed by atoms with Crippen molar-refractivity contribution < 1.29 is 4.79 Å². The van der Waals surface area contributed by atoms with Gasteiger partial charge in [0.05, 0.1) is 0 Å². The van der Waals surface area contributed by atoms with Crippen molar-refractivity contribution in [2.24, 2.45) is 5.41 Å². The number of ketones is 1. The van der Waals surface area contributed by atoms with Crippen LogP contribution in [0.2, 0.25) is 0 Å². The number of hydrogen-bond donors (Lipinski definition) is 1. The van der Waals surface area contributed by atoms with E-state index in [2.05, 4.69) is 17.2 Å². The maximum absolute atomic E-state index is 12.3. The Morgan fingerprint density at radius 3 is 3.00 bits per heavy atom. The van der Waals surface area contributed by atoms with Gasteiger partial charge < -0.3 is 5.32 Å². The van der Waals surface area contributed by atoms with Crippen LogP contribution in [-0.2, 0) is 11.2 Å². The monoisotopic (exact) mass is 218 g/mol. The summed E-state index contributed by atoms with van der Waals surface area (Å²) >= 11 is 0. The van der Waals surface area contributed by atoms with Gasteiger partial charge in [-0.1, -0.05) is 13.0 Å². The number of carbonyl (C=O) groups excluding carboxylic acids is 1. The summed E-state index contributed by atoms with van der Waals surface area (Å²) in [5.41, 5.74) is 0.740. The Morgan fingerprint density at radius 1 is 1.56 bits per heavy atom. The molecule has 16 heavy (non-hydrogen) atoms. The summed E-state index contributed by atoms with van der Waals surface area (Å²) < 4.78 is 0. The molecule has 3 heteroatoms. The van der Waals surface area contributed by atoms with Gasteiger partial charge in [0.2, 0.25) is 0 Å². The fraction of sp³-hybridized carbons (Fsp3) is 0.538. The first kappa shape index (κ1) is 11.3. The first-order valence-corrected chi connectivity index (χ1v) is 5.91. The number of nitrogens with one attached hydrogen (secondary N) is 1. The average Bonchev–Trinajstić information content (AvgIpc) is 2.80. The van der Waals surface area contributed by atoms with E-state index < -0.39 is 0 Å². The van der Waals surface area contributed by atoms with E-state index in [1.54, 1.807) is 6.20 Å². The quantitative estimate of drug-likeness (QED) is 0.834. The molecule has 0 saturated carbocycles. The van der Waals surface area contributed by atoms with E-state index in [9.17, 15) is 4.79 Å². The third-order valence-electron chi connectivity index (χ3n) is 3.58. The Morgan fingerprint density at radius 2 is 2.44 bits per heavy atom. The molecule has 0 bridgehead atoms. The molecule has 1 aliphatic heterocycles. The summed E-state index contributed by atoms with van der Waals surface area (Å²) in [6, 6.07) is 5.73. The van der Waals surface area contributed by atoms with Gasteiger partial charge in [-0.25, -0.2) is 0 Å². The molecule has 0 aromatic carbocycles. The molecular formula is C13H18N2O. The summed E-state index contributed by atoms with van der Waals surface area (Å²) in [7, 11) is 0. The lowest BCUT2D eigenvalue weighted by Crippen LogP contribution is -2.34. The third kappa shape index (κ3) is 2.14. The Balaban J connectivity index is 2.07. The highest BCUT2D eigenvalue weighted by atomic mass is 16.1. The zero-order chi connectivity index (χ0) is 11.4. The molecule has 86 valence electrons. The lowest BCUT2D eigenvalue weighted by Gasteiger charge is -2.24. The van der Waals surface area contributed by atoms with Gasteiger partial charge in [-0.3, -0.25) is 9.78 Å². The van der Waals surface area contributed by atoms with Gasteiger partial charge in [0.1, 0.15) is 5.78 Å². The first-order valence-electron chi connectivity index (χ1n) is 5.91. The van der Waals surface area contributed by atoms with E-state index in [1.807, 2.05) is 18.2 Å². The van der Waals surface area contributed by atoms with Crippen molar-refractivity contribution in [3.63, 3.8) is 0 Å². The van der Waals surface area contributed by atoms with Crippen LogP contribution in [0.25, 0.3) is 0 Å². The molecule has 1 unspecified atom stereocenters. The van der Waals surface area contributed by atoms with Crippen LogP contribution in [0.15, 0.2) is 24.4 Å². The normalized spacial score (nSPS) is 24.6. The van der Waals surface area contributed by atoms with Gasteiger partial charge >= 0.3 is 0 Å². The number of aromatic nitrogens is 1. The third-order valence-corrected chi connectivity index (χ3v) is 3.58. The van der Waals surface area contributed by atoms with E-state index in [0.717, 1.165) is 31.6 Å². The second-order valence-corrected chi connectivity index (χ2v) is 4.48. The molecule has 1 N–H and O–H groups in total. The molecule has 0 spiro atoms. The van der Waals surface area contributed by atoms with E-state index in [4.69, 9.17) is 0 Å². The van der Waals surface area contributed by atoms with Crippen molar-refractivity contribution >= 4 is 5.78 Å². The van der Waals surface area contributed by atoms with Crippen LogP contribution in [0.3, 0.4) is 0 Å². The van der Waals surface area contributed by atoms with Crippen molar-refractivity contribution in [1.82, 2.24) is 10.3 Å². The van der Waals surface area contributed by atoms with Gasteiger partial charge in [-0.2, -0.15) is 0 Å². The Bertz CT molecular complexity index is 355. The number of carbonyl (C=O) groups is 1. The molecule has 2 rings (SSSR count). The number of nitrogens with zero attached hydrogens (tertiary/aromatic N) is 1. The fourth-order valence-electron chi connectivity index (χ4n) is 2.34. The average molecular weight is 218 g/mol. The van der Waals surface area contributed by atoms with E-state index >= 15 is 0 Å².